The average Bonchev–Trinajstić information content (AvgIpc) is 2.28. The van der Waals surface area contributed by atoms with Gasteiger partial charge < -0.3 is 20.3 Å². The highest BCUT2D eigenvalue weighted by Crippen LogP contribution is 2.21. The Bertz CT molecular complexity index is 192. The van der Waals surface area contributed by atoms with Gasteiger partial charge in [-0.05, 0) is 18.3 Å². The molecule has 0 aromatic carbocycles. The Hall–Kier alpha value is -0.160. The monoisotopic (exact) mass is 261 g/mol. The first kappa shape index (κ1) is 17.8. The van der Waals surface area contributed by atoms with Crippen molar-refractivity contribution in [3.8, 4) is 0 Å². The van der Waals surface area contributed by atoms with E-state index in [1.807, 2.05) is 0 Å². The van der Waals surface area contributed by atoms with Crippen LogP contribution in [0.2, 0.25) is 0 Å². The van der Waals surface area contributed by atoms with E-state index in [4.69, 9.17) is 9.84 Å². The third-order valence-corrected chi connectivity index (χ3v) is 3.02. The Morgan fingerprint density at radius 2 is 1.94 bits per heavy atom. The van der Waals surface area contributed by atoms with E-state index < -0.39 is 6.10 Å². The predicted octanol–water partition coefficient (Wildman–Crippen LogP) is 1.55. The lowest BCUT2D eigenvalue weighted by molar-refractivity contribution is 0.0314. The molecule has 0 aromatic rings. The summed E-state index contributed by atoms with van der Waals surface area (Å²) in [5.74, 6) is 0. The van der Waals surface area contributed by atoms with Crippen molar-refractivity contribution in [1.82, 2.24) is 5.32 Å². The van der Waals surface area contributed by atoms with Crippen molar-refractivity contribution < 1.29 is 14.9 Å². The molecular weight excluding hydrogens is 230 g/mol. The molecule has 0 amide bonds. The van der Waals surface area contributed by atoms with Crippen molar-refractivity contribution in [3.63, 3.8) is 0 Å². The standard InChI is InChI=1S/C14H31NO3/c1-5-6-9-18-11-12(17)10-15-13(7-8-16)14(2,3)4/h12-13,15-17H,5-11H2,1-4H3. The Labute approximate surface area is 112 Å². The maximum atomic E-state index is 9.78. The molecule has 0 aliphatic carbocycles. The van der Waals surface area contributed by atoms with E-state index >= 15 is 0 Å². The molecule has 0 saturated carbocycles. The first-order valence-corrected chi connectivity index (χ1v) is 7.01. The topological polar surface area (TPSA) is 61.7 Å². The van der Waals surface area contributed by atoms with Gasteiger partial charge in [-0.15, -0.1) is 0 Å². The molecule has 110 valence electrons. The van der Waals surface area contributed by atoms with Crippen molar-refractivity contribution in [1.29, 1.82) is 0 Å². The molecule has 0 spiro atoms. The number of aliphatic hydroxyl groups is 2. The minimum Gasteiger partial charge on any atom is -0.396 e. The van der Waals surface area contributed by atoms with E-state index in [0.717, 1.165) is 12.8 Å². The molecule has 4 heteroatoms. The molecule has 0 aliphatic rings. The smallest absolute Gasteiger partial charge is 0.0897 e. The maximum absolute atomic E-state index is 9.78. The van der Waals surface area contributed by atoms with Crippen LogP contribution in [0.5, 0.6) is 0 Å². The molecule has 3 N–H and O–H groups in total. The van der Waals surface area contributed by atoms with Crippen LogP contribution in [0, 0.1) is 5.41 Å². The second kappa shape index (κ2) is 9.73. The summed E-state index contributed by atoms with van der Waals surface area (Å²) in [5.41, 5.74) is 0.0749. The van der Waals surface area contributed by atoms with E-state index in [1.54, 1.807) is 0 Å². The quantitative estimate of drug-likeness (QED) is 0.522. The Morgan fingerprint density at radius 1 is 1.28 bits per heavy atom. The van der Waals surface area contributed by atoms with E-state index in [-0.39, 0.29) is 18.1 Å². The van der Waals surface area contributed by atoms with Crippen LogP contribution in [-0.2, 0) is 4.74 Å². The van der Waals surface area contributed by atoms with E-state index in [2.05, 4.69) is 33.0 Å². The molecule has 2 unspecified atom stereocenters. The number of nitrogens with one attached hydrogen (secondary N) is 1. The third-order valence-electron chi connectivity index (χ3n) is 3.02. The van der Waals surface area contributed by atoms with E-state index in [0.29, 0.717) is 26.2 Å². The number of unbranched alkanes of at least 4 members (excludes halogenated alkanes) is 1. The first-order valence-electron chi connectivity index (χ1n) is 7.01. The Balaban J connectivity index is 3.82. The zero-order valence-corrected chi connectivity index (χ0v) is 12.4. The zero-order valence-electron chi connectivity index (χ0n) is 12.4. The summed E-state index contributed by atoms with van der Waals surface area (Å²) in [7, 11) is 0. The van der Waals surface area contributed by atoms with Crippen LogP contribution in [-0.4, -0.2) is 48.7 Å². The van der Waals surface area contributed by atoms with Gasteiger partial charge in [-0.2, -0.15) is 0 Å². The van der Waals surface area contributed by atoms with Gasteiger partial charge in [-0.3, -0.25) is 0 Å². The van der Waals surface area contributed by atoms with Gasteiger partial charge in [0.05, 0.1) is 12.7 Å². The molecule has 0 fully saturated rings. The SMILES string of the molecule is CCCCOCC(O)CNC(CCO)C(C)(C)C. The highest BCUT2D eigenvalue weighted by atomic mass is 16.5. The summed E-state index contributed by atoms with van der Waals surface area (Å²) < 4.78 is 5.37. The maximum Gasteiger partial charge on any atom is 0.0897 e. The van der Waals surface area contributed by atoms with E-state index in [1.165, 1.54) is 0 Å². The average molecular weight is 261 g/mol. The molecular formula is C14H31NO3. The second-order valence-electron chi connectivity index (χ2n) is 5.92. The van der Waals surface area contributed by atoms with E-state index in [9.17, 15) is 5.11 Å². The fourth-order valence-corrected chi connectivity index (χ4v) is 1.77. The van der Waals surface area contributed by atoms with Crippen molar-refractivity contribution in [2.45, 2.75) is 59.1 Å². The molecule has 18 heavy (non-hydrogen) atoms. The van der Waals surface area contributed by atoms with Crippen LogP contribution in [0.25, 0.3) is 0 Å². The van der Waals surface area contributed by atoms with Crippen LogP contribution in [0.15, 0.2) is 0 Å². The fraction of sp³-hybridized carbons (Fsp3) is 1.00. The molecule has 0 saturated heterocycles. The highest BCUT2D eigenvalue weighted by Gasteiger charge is 2.24. The van der Waals surface area contributed by atoms with Crippen molar-refractivity contribution in [2.75, 3.05) is 26.4 Å². The molecule has 2 atom stereocenters. The molecule has 0 rings (SSSR count). The molecule has 0 radical (unpaired) electrons. The summed E-state index contributed by atoms with van der Waals surface area (Å²) in [4.78, 5) is 0. The fourth-order valence-electron chi connectivity index (χ4n) is 1.77. The van der Waals surface area contributed by atoms with Gasteiger partial charge >= 0.3 is 0 Å². The lowest BCUT2D eigenvalue weighted by Gasteiger charge is -2.32. The summed E-state index contributed by atoms with van der Waals surface area (Å²) in [6, 6.07) is 0.202. The summed E-state index contributed by atoms with van der Waals surface area (Å²) in [6.07, 6.45) is 2.37. The van der Waals surface area contributed by atoms with Crippen LogP contribution < -0.4 is 5.32 Å². The van der Waals surface area contributed by atoms with Crippen LogP contribution in [0.4, 0.5) is 0 Å². The second-order valence-corrected chi connectivity index (χ2v) is 5.92. The number of hydrogen-bond donors (Lipinski definition) is 3. The normalized spacial score (nSPS) is 15.7. The van der Waals surface area contributed by atoms with Gasteiger partial charge in [0.1, 0.15) is 0 Å². The third kappa shape index (κ3) is 8.86. The molecule has 0 heterocycles. The number of ether oxygens (including phenoxy) is 1. The van der Waals surface area contributed by atoms with Crippen molar-refractivity contribution >= 4 is 0 Å². The highest BCUT2D eigenvalue weighted by molar-refractivity contribution is 4.81. The van der Waals surface area contributed by atoms with Gasteiger partial charge in [-0.1, -0.05) is 34.1 Å². The van der Waals surface area contributed by atoms with Crippen molar-refractivity contribution in [2.24, 2.45) is 5.41 Å². The first-order chi connectivity index (χ1) is 8.41. The van der Waals surface area contributed by atoms with Gasteiger partial charge in [0.25, 0.3) is 0 Å². The lowest BCUT2D eigenvalue weighted by Crippen LogP contribution is -2.45. The molecule has 0 aliphatic heterocycles. The van der Waals surface area contributed by atoms with Gasteiger partial charge in [-0.25, -0.2) is 0 Å². The van der Waals surface area contributed by atoms with Gasteiger partial charge in [0.15, 0.2) is 0 Å². The summed E-state index contributed by atoms with van der Waals surface area (Å²) in [6.45, 7) is 10.3. The zero-order chi connectivity index (χ0) is 14.0. The molecule has 4 nitrogen and oxygen atoms in total. The number of aliphatic hydroxyl groups excluding tert-OH is 2. The van der Waals surface area contributed by atoms with Gasteiger partial charge in [0.2, 0.25) is 0 Å². The minimum atomic E-state index is -0.481. The van der Waals surface area contributed by atoms with Crippen molar-refractivity contribution in [3.05, 3.63) is 0 Å². The summed E-state index contributed by atoms with van der Waals surface area (Å²) in [5, 5.41) is 22.1. The largest absolute Gasteiger partial charge is 0.396 e. The number of rotatable bonds is 10. The number of hydrogen-bond acceptors (Lipinski definition) is 4. The Kier molecular flexibility index (Phi) is 9.64. The van der Waals surface area contributed by atoms with Gasteiger partial charge in [0, 0.05) is 25.8 Å². The Morgan fingerprint density at radius 3 is 2.44 bits per heavy atom. The van der Waals surface area contributed by atoms with Crippen LogP contribution in [0.1, 0.15) is 47.0 Å². The van der Waals surface area contributed by atoms with Crippen LogP contribution in [0.3, 0.4) is 0 Å². The predicted molar refractivity (Wildman–Crippen MR) is 74.7 cm³/mol. The molecule has 0 bridgehead atoms. The molecule has 0 aromatic heterocycles. The summed E-state index contributed by atoms with van der Waals surface area (Å²) >= 11 is 0. The minimum absolute atomic E-state index is 0.0749. The lowest BCUT2D eigenvalue weighted by atomic mass is 9.85. The van der Waals surface area contributed by atoms with Crippen LogP contribution >= 0.6 is 0 Å².